The number of halogens is 13. The van der Waals surface area contributed by atoms with Crippen LogP contribution in [0.2, 0.25) is 0 Å². The van der Waals surface area contributed by atoms with Gasteiger partial charge in [-0.05, 0) is 65.0 Å². The van der Waals surface area contributed by atoms with E-state index in [0.717, 1.165) is 44.7 Å². The van der Waals surface area contributed by atoms with Crippen LogP contribution in [0, 0.1) is 224 Å². The second-order valence-electron chi connectivity index (χ2n) is 16.2. The van der Waals surface area contributed by atoms with E-state index in [1.807, 2.05) is 13.8 Å². The average Bonchev–Trinajstić information content (AvgIpc) is 3.67. The molecule has 0 aliphatic carbocycles. The van der Waals surface area contributed by atoms with E-state index in [2.05, 4.69) is 6.92 Å². The molecule has 0 amide bonds. The van der Waals surface area contributed by atoms with Gasteiger partial charge in [0.15, 0.2) is 69.7 Å². The number of hydrogen-bond donors (Lipinski definition) is 1. The number of rotatable bonds is 10. The van der Waals surface area contributed by atoms with Crippen molar-refractivity contribution >= 4 is 0 Å². The zero-order valence-corrected chi connectivity index (χ0v) is 45.0. The van der Waals surface area contributed by atoms with Crippen LogP contribution < -0.4 is 9.47 Å². The lowest BCUT2D eigenvalue weighted by molar-refractivity contribution is 0.287. The van der Waals surface area contributed by atoms with Crippen LogP contribution in [0.5, 0.6) is 11.5 Å². The molecule has 0 saturated carbocycles. The summed E-state index contributed by atoms with van der Waals surface area (Å²) in [5.74, 6) is -19.0. The van der Waals surface area contributed by atoms with Crippen LogP contribution in [0.3, 0.4) is 0 Å². The Morgan fingerprint density at radius 2 is 0.482 bits per heavy atom. The lowest BCUT2D eigenvalue weighted by Crippen LogP contribution is -2.06. The first-order chi connectivity index (χ1) is 39.2. The van der Waals surface area contributed by atoms with Crippen molar-refractivity contribution in [3.05, 3.63) is 159 Å². The minimum absolute atomic E-state index is 0.0676. The van der Waals surface area contributed by atoms with E-state index in [1.165, 1.54) is 45.9 Å². The SMILES string of the molecule is CCCCO.CCCCOc1c(F)c(C#N)c(C)c(F)c1C#N.CCCCOc1c(F)c(C#N)c(F)c(C)c1C#N.Cc1c(C)c(C#N)c(F)c(F)c1C#N.Cc1c(F)c(C#N)c(F)c(F)c1C#N.N#Cc1c(F)c(F)c(C#N)c(F)c1F. The van der Waals surface area contributed by atoms with Crippen molar-refractivity contribution in [1.29, 1.82) is 52.6 Å². The number of aliphatic hydroxyl groups is 1. The molecule has 0 unspecified atom stereocenters. The fourth-order valence-corrected chi connectivity index (χ4v) is 6.13. The van der Waals surface area contributed by atoms with E-state index >= 15 is 0 Å². The summed E-state index contributed by atoms with van der Waals surface area (Å²) in [6.07, 6.45) is 5.04. The molecule has 0 bridgehead atoms. The molecule has 0 aromatic heterocycles. The van der Waals surface area contributed by atoms with Crippen molar-refractivity contribution in [1.82, 2.24) is 0 Å². The highest BCUT2D eigenvalue weighted by Crippen LogP contribution is 2.33. The highest BCUT2D eigenvalue weighted by molar-refractivity contribution is 5.57. The highest BCUT2D eigenvalue weighted by Gasteiger charge is 2.28. The Balaban J connectivity index is 0.000000995. The summed E-state index contributed by atoms with van der Waals surface area (Å²) in [7, 11) is 0. The molecule has 430 valence electrons. The first kappa shape index (κ1) is 72.6. The van der Waals surface area contributed by atoms with Crippen LogP contribution in [0.4, 0.5) is 57.1 Å². The Kier molecular flexibility index (Phi) is 30.9. The minimum Gasteiger partial charge on any atom is -0.489 e. The van der Waals surface area contributed by atoms with E-state index in [4.69, 9.17) is 67.2 Å². The summed E-state index contributed by atoms with van der Waals surface area (Å²) in [5.41, 5.74) is -6.92. The smallest absolute Gasteiger partial charge is 0.187 e. The van der Waals surface area contributed by atoms with Crippen molar-refractivity contribution in [2.24, 2.45) is 0 Å². The quantitative estimate of drug-likeness (QED) is 0.0774. The predicted octanol–water partition coefficient (Wildman–Crippen LogP) is 13.6. The highest BCUT2D eigenvalue weighted by atomic mass is 19.2. The molecule has 0 radical (unpaired) electrons. The Morgan fingerprint density at radius 1 is 0.277 bits per heavy atom. The third-order valence-corrected chi connectivity index (χ3v) is 11.0. The molecule has 26 heteroatoms. The number of nitriles is 10. The summed E-state index contributed by atoms with van der Waals surface area (Å²) in [4.78, 5) is 0. The summed E-state index contributed by atoms with van der Waals surface area (Å²) < 4.78 is 182. The maximum absolute atomic E-state index is 13.9. The predicted molar refractivity (Wildman–Crippen MR) is 265 cm³/mol. The molecule has 0 spiro atoms. The number of benzene rings is 5. The maximum atomic E-state index is 13.9. The largest absolute Gasteiger partial charge is 0.489 e. The van der Waals surface area contributed by atoms with Gasteiger partial charge in [0.1, 0.15) is 112 Å². The maximum Gasteiger partial charge on any atom is 0.187 e. The van der Waals surface area contributed by atoms with E-state index in [9.17, 15) is 57.1 Å². The third kappa shape index (κ3) is 17.3. The molecule has 0 atom stereocenters. The number of hydrogen-bond acceptors (Lipinski definition) is 13. The van der Waals surface area contributed by atoms with Gasteiger partial charge in [0, 0.05) is 23.3 Å². The van der Waals surface area contributed by atoms with E-state index < -0.39 is 120 Å². The van der Waals surface area contributed by atoms with Gasteiger partial charge in [-0.25, -0.2) is 57.1 Å². The monoisotopic (exact) mass is 1160 g/mol. The fraction of sp³-hybridized carbons (Fsp3) is 0.298. The molecular weight excluding hydrogens is 1120 g/mol. The molecule has 13 nitrogen and oxygen atoms in total. The Bertz CT molecular complexity index is 3150. The van der Waals surface area contributed by atoms with Crippen LogP contribution in [0.15, 0.2) is 0 Å². The van der Waals surface area contributed by atoms with Crippen molar-refractivity contribution in [2.75, 3.05) is 19.8 Å². The lowest BCUT2D eigenvalue weighted by atomic mass is 9.98. The van der Waals surface area contributed by atoms with Crippen LogP contribution >= 0.6 is 0 Å². The molecule has 5 aromatic rings. The van der Waals surface area contributed by atoms with E-state index in [1.54, 1.807) is 30.3 Å². The second-order valence-corrected chi connectivity index (χ2v) is 16.2. The van der Waals surface area contributed by atoms with Gasteiger partial charge in [-0.2, -0.15) is 52.6 Å². The zero-order chi connectivity index (χ0) is 64.2. The second kappa shape index (κ2) is 35.3. The van der Waals surface area contributed by atoms with Crippen molar-refractivity contribution in [3.8, 4) is 72.2 Å². The average molecular weight is 1160 g/mol. The van der Waals surface area contributed by atoms with Crippen LogP contribution in [0.1, 0.15) is 143 Å². The van der Waals surface area contributed by atoms with Crippen molar-refractivity contribution in [3.63, 3.8) is 0 Å². The van der Waals surface area contributed by atoms with E-state index in [-0.39, 0.29) is 52.3 Å². The van der Waals surface area contributed by atoms with Gasteiger partial charge < -0.3 is 14.6 Å². The minimum atomic E-state index is -1.86. The van der Waals surface area contributed by atoms with Gasteiger partial charge in [-0.1, -0.05) is 40.0 Å². The number of unbranched alkanes of at least 4 members (excludes halogenated alkanes) is 3. The zero-order valence-electron chi connectivity index (χ0n) is 45.0. The van der Waals surface area contributed by atoms with Gasteiger partial charge in [0.2, 0.25) is 0 Å². The lowest BCUT2D eigenvalue weighted by Gasteiger charge is -2.12. The van der Waals surface area contributed by atoms with Crippen molar-refractivity contribution in [2.45, 2.75) is 93.9 Å². The molecule has 1 N–H and O–H groups in total. The number of aliphatic hydroxyl groups excluding tert-OH is 1. The standard InChI is InChI=1S/2C13H12F2N2O.C10H6F2N2.C9H3F3N2.C8F4N2.C4H10O/c1-3-4-5-18-13-9(6-16)8(2)11(14)10(7-17)12(13)15;1-3-4-5-18-13-10(7-17)11(14)8(2)9(6-16)12(13)15;1-5-6(2)8(4-14)10(12)9(11)7(5)3-13;1-4-5(2-13)8(11)9(12)6(3-14)7(4)10;9-5-3(1-13)6(10)8(12)4(2-14)7(5)11;1-2-3-4-5/h2*3-5H2,1-2H3;1-2H3;1H3;;5H,2-4H2,1H3. The molecule has 83 heavy (non-hydrogen) atoms. The Hall–Kier alpha value is -10.4. The first-order valence-corrected chi connectivity index (χ1v) is 23.6. The van der Waals surface area contributed by atoms with Crippen LogP contribution in [0.25, 0.3) is 0 Å². The fourth-order valence-electron chi connectivity index (χ4n) is 6.13. The van der Waals surface area contributed by atoms with Crippen molar-refractivity contribution < 1.29 is 71.7 Å². The van der Waals surface area contributed by atoms with Crippen LogP contribution in [-0.2, 0) is 0 Å². The van der Waals surface area contributed by atoms with Gasteiger partial charge in [-0.15, -0.1) is 0 Å². The molecule has 5 aromatic carbocycles. The Morgan fingerprint density at radius 3 is 0.747 bits per heavy atom. The first-order valence-electron chi connectivity index (χ1n) is 23.6. The van der Waals surface area contributed by atoms with Gasteiger partial charge in [-0.3, -0.25) is 0 Å². The van der Waals surface area contributed by atoms with Gasteiger partial charge in [0.05, 0.1) is 35.5 Å². The van der Waals surface area contributed by atoms with Gasteiger partial charge >= 0.3 is 0 Å². The molecule has 0 aliphatic heterocycles. The van der Waals surface area contributed by atoms with E-state index in [0.29, 0.717) is 30.6 Å². The van der Waals surface area contributed by atoms with Crippen LogP contribution in [-0.4, -0.2) is 24.9 Å². The summed E-state index contributed by atoms with van der Waals surface area (Å²) in [6, 6.07) is 13.9. The number of nitrogens with zero attached hydrogens (tertiary/aromatic N) is 10. The Labute approximate surface area is 468 Å². The van der Waals surface area contributed by atoms with Gasteiger partial charge in [0.25, 0.3) is 0 Å². The third-order valence-electron chi connectivity index (χ3n) is 11.0. The normalized spacial score (nSPS) is 9.40. The summed E-state index contributed by atoms with van der Waals surface area (Å²) in [6.45, 7) is 13.3. The molecule has 0 saturated heterocycles. The molecule has 0 aliphatic rings. The molecule has 0 fully saturated rings. The topological polar surface area (TPSA) is 277 Å². The summed E-state index contributed by atoms with van der Waals surface area (Å²) >= 11 is 0. The molecular formula is C57H43F13N10O3. The number of ether oxygens (including phenoxy) is 2. The molecule has 5 rings (SSSR count). The molecule has 0 heterocycles. The summed E-state index contributed by atoms with van der Waals surface area (Å²) in [5, 5.41) is 93.6.